The van der Waals surface area contributed by atoms with Gasteiger partial charge >= 0.3 is 0 Å². The predicted molar refractivity (Wildman–Crippen MR) is 122 cm³/mol. The molecule has 1 fully saturated rings. The van der Waals surface area contributed by atoms with Crippen LogP contribution in [0.25, 0.3) is 0 Å². The third-order valence-electron chi connectivity index (χ3n) is 5.28. The predicted octanol–water partition coefficient (Wildman–Crippen LogP) is 3.37. The second-order valence-corrected chi connectivity index (χ2v) is 11.7. The van der Waals surface area contributed by atoms with Gasteiger partial charge in [0.2, 0.25) is 15.9 Å². The van der Waals surface area contributed by atoms with Crippen LogP contribution in [0.5, 0.6) is 0 Å². The summed E-state index contributed by atoms with van der Waals surface area (Å²) in [5, 5.41) is 2.91. The molecule has 1 aliphatic rings. The fourth-order valence-corrected chi connectivity index (χ4v) is 3.97. The van der Waals surface area contributed by atoms with E-state index in [4.69, 9.17) is 4.74 Å². The van der Waals surface area contributed by atoms with E-state index >= 15 is 0 Å². The zero-order valence-corrected chi connectivity index (χ0v) is 19.7. The monoisotopic (exact) mass is 439 g/mol. The molecule has 0 saturated carbocycles. The van der Waals surface area contributed by atoms with E-state index in [0.29, 0.717) is 31.7 Å². The maximum Gasteiger partial charge on any atom is 0.224 e. The first-order valence-electron chi connectivity index (χ1n) is 10.8. The van der Waals surface area contributed by atoms with Gasteiger partial charge in [-0.25, -0.2) is 13.1 Å². The van der Waals surface area contributed by atoms with Crippen molar-refractivity contribution in [3.8, 4) is 0 Å². The van der Waals surface area contributed by atoms with Crippen LogP contribution in [0.2, 0.25) is 0 Å². The van der Waals surface area contributed by atoms with Gasteiger partial charge in [0.05, 0.1) is 17.5 Å². The molecule has 1 amide bonds. The minimum absolute atomic E-state index is 0.0623. The van der Waals surface area contributed by atoms with Crippen LogP contribution in [0, 0.1) is 5.92 Å². The average molecular weight is 440 g/mol. The SMILES string of the molecule is CC(C)[C@@H]1CN(c2ccc(NC(=O)CCCCNS(=O)(=O)C(C)(C)C)cc2)CCO1. The van der Waals surface area contributed by atoms with Crippen LogP contribution >= 0.6 is 0 Å². The molecule has 2 N–H and O–H groups in total. The molecule has 30 heavy (non-hydrogen) atoms. The van der Waals surface area contributed by atoms with Gasteiger partial charge in [0, 0.05) is 37.4 Å². The van der Waals surface area contributed by atoms with Gasteiger partial charge in [-0.05, 0) is 63.8 Å². The van der Waals surface area contributed by atoms with Crippen LogP contribution in [-0.2, 0) is 19.6 Å². The van der Waals surface area contributed by atoms with Crippen molar-refractivity contribution in [2.24, 2.45) is 5.92 Å². The quantitative estimate of drug-likeness (QED) is 0.576. The number of carbonyl (C=O) groups excluding carboxylic acids is 1. The fraction of sp³-hybridized carbons (Fsp3) is 0.682. The van der Waals surface area contributed by atoms with Gasteiger partial charge in [-0.2, -0.15) is 0 Å². The normalized spacial score (nSPS) is 17.9. The average Bonchev–Trinajstić information content (AvgIpc) is 2.67. The number of hydrogen-bond donors (Lipinski definition) is 2. The molecular weight excluding hydrogens is 402 g/mol. The first kappa shape index (κ1) is 24.6. The van der Waals surface area contributed by atoms with E-state index in [9.17, 15) is 13.2 Å². The van der Waals surface area contributed by atoms with E-state index in [-0.39, 0.29) is 12.0 Å². The minimum Gasteiger partial charge on any atom is -0.374 e. The number of benzene rings is 1. The molecular formula is C22H37N3O4S. The second kappa shape index (κ2) is 10.6. The third-order valence-corrected chi connectivity index (χ3v) is 7.48. The van der Waals surface area contributed by atoms with E-state index in [1.807, 2.05) is 24.3 Å². The number of sulfonamides is 1. The third kappa shape index (κ3) is 7.25. The zero-order valence-electron chi connectivity index (χ0n) is 18.9. The highest BCUT2D eigenvalue weighted by Gasteiger charge is 2.28. The minimum atomic E-state index is -3.33. The van der Waals surface area contributed by atoms with Crippen molar-refractivity contribution in [3.63, 3.8) is 0 Å². The Morgan fingerprint density at radius 3 is 2.47 bits per heavy atom. The number of hydrogen-bond acceptors (Lipinski definition) is 5. The van der Waals surface area contributed by atoms with Gasteiger partial charge in [0.25, 0.3) is 0 Å². The van der Waals surface area contributed by atoms with Crippen molar-refractivity contribution in [1.29, 1.82) is 0 Å². The lowest BCUT2D eigenvalue weighted by molar-refractivity contribution is -0.116. The Morgan fingerprint density at radius 1 is 1.20 bits per heavy atom. The lowest BCUT2D eigenvalue weighted by Crippen LogP contribution is -2.44. The number of ether oxygens (including phenoxy) is 1. The molecule has 0 radical (unpaired) electrons. The lowest BCUT2D eigenvalue weighted by Gasteiger charge is -2.36. The van der Waals surface area contributed by atoms with Crippen molar-refractivity contribution in [2.45, 2.75) is 64.7 Å². The number of morpholine rings is 1. The Kier molecular flexibility index (Phi) is 8.70. The summed E-state index contributed by atoms with van der Waals surface area (Å²) in [6, 6.07) is 7.90. The molecule has 1 saturated heterocycles. The molecule has 0 unspecified atom stereocenters. The Labute approximate surface area is 181 Å². The van der Waals surface area contributed by atoms with Crippen molar-refractivity contribution in [3.05, 3.63) is 24.3 Å². The van der Waals surface area contributed by atoms with Crippen molar-refractivity contribution < 1.29 is 17.9 Å². The van der Waals surface area contributed by atoms with E-state index in [2.05, 4.69) is 28.8 Å². The molecule has 2 rings (SSSR count). The van der Waals surface area contributed by atoms with Gasteiger partial charge in [-0.15, -0.1) is 0 Å². The molecule has 7 nitrogen and oxygen atoms in total. The maximum absolute atomic E-state index is 12.2. The summed E-state index contributed by atoms with van der Waals surface area (Å²) in [4.78, 5) is 14.5. The molecule has 0 spiro atoms. The van der Waals surface area contributed by atoms with E-state index < -0.39 is 14.8 Å². The van der Waals surface area contributed by atoms with E-state index in [1.54, 1.807) is 20.8 Å². The Morgan fingerprint density at radius 2 is 1.87 bits per heavy atom. The van der Waals surface area contributed by atoms with Crippen molar-refractivity contribution in [1.82, 2.24) is 4.72 Å². The molecule has 1 aliphatic heterocycles. The maximum atomic E-state index is 12.2. The Balaban J connectivity index is 1.73. The molecule has 1 aromatic rings. The van der Waals surface area contributed by atoms with E-state index in [0.717, 1.165) is 31.1 Å². The first-order valence-corrected chi connectivity index (χ1v) is 12.2. The van der Waals surface area contributed by atoms with Gasteiger partial charge in [-0.1, -0.05) is 13.8 Å². The van der Waals surface area contributed by atoms with Gasteiger partial charge in [0.1, 0.15) is 0 Å². The van der Waals surface area contributed by atoms with Crippen LogP contribution in [0.15, 0.2) is 24.3 Å². The highest BCUT2D eigenvalue weighted by Crippen LogP contribution is 2.22. The van der Waals surface area contributed by atoms with Crippen LogP contribution in [0.4, 0.5) is 11.4 Å². The Bertz CT molecular complexity index is 786. The summed E-state index contributed by atoms with van der Waals surface area (Å²) < 4.78 is 31.6. The van der Waals surface area contributed by atoms with Crippen LogP contribution in [0.3, 0.4) is 0 Å². The second-order valence-electron chi connectivity index (χ2n) is 9.16. The van der Waals surface area contributed by atoms with E-state index in [1.165, 1.54) is 0 Å². The molecule has 1 aromatic carbocycles. The van der Waals surface area contributed by atoms with Crippen LogP contribution in [0.1, 0.15) is 53.9 Å². The summed E-state index contributed by atoms with van der Waals surface area (Å²) in [6.07, 6.45) is 1.85. The highest BCUT2D eigenvalue weighted by atomic mass is 32.2. The number of anilines is 2. The number of amides is 1. The first-order chi connectivity index (χ1) is 14.0. The molecule has 1 atom stereocenters. The summed E-state index contributed by atoms with van der Waals surface area (Å²) in [6.45, 7) is 12.2. The van der Waals surface area contributed by atoms with Crippen LogP contribution in [-0.4, -0.2) is 51.4 Å². The number of nitrogens with zero attached hydrogens (tertiary/aromatic N) is 1. The summed E-state index contributed by atoms with van der Waals surface area (Å²) >= 11 is 0. The smallest absolute Gasteiger partial charge is 0.224 e. The van der Waals surface area contributed by atoms with Crippen LogP contribution < -0.4 is 14.9 Å². The summed E-state index contributed by atoms with van der Waals surface area (Å²) in [5.74, 6) is 0.419. The van der Waals surface area contributed by atoms with Crippen molar-refractivity contribution in [2.75, 3.05) is 36.5 Å². The van der Waals surface area contributed by atoms with Gasteiger partial charge < -0.3 is 15.0 Å². The lowest BCUT2D eigenvalue weighted by atomic mass is 10.1. The topological polar surface area (TPSA) is 87.7 Å². The number of rotatable bonds is 9. The van der Waals surface area contributed by atoms with Gasteiger partial charge in [-0.3, -0.25) is 4.79 Å². The standard InChI is InChI=1S/C22H37N3O4S/c1-17(2)20-16-25(14-15-29-20)19-11-9-18(10-12-19)24-21(26)8-6-7-13-23-30(27,28)22(3,4)5/h9-12,17,20,23H,6-8,13-16H2,1-5H3,(H,24,26)/t20-/m0/s1. The largest absolute Gasteiger partial charge is 0.374 e. The summed E-state index contributed by atoms with van der Waals surface area (Å²) in [5.41, 5.74) is 1.90. The van der Waals surface area contributed by atoms with Crippen molar-refractivity contribution >= 4 is 27.3 Å². The molecule has 170 valence electrons. The number of unbranched alkanes of at least 4 members (excludes halogenated alkanes) is 1. The fourth-order valence-electron chi connectivity index (χ4n) is 3.13. The molecule has 1 heterocycles. The number of nitrogens with one attached hydrogen (secondary N) is 2. The molecule has 8 heteroatoms. The highest BCUT2D eigenvalue weighted by molar-refractivity contribution is 7.90. The Hall–Kier alpha value is -1.64. The van der Waals surface area contributed by atoms with Gasteiger partial charge in [0.15, 0.2) is 0 Å². The molecule has 0 aromatic heterocycles. The summed E-state index contributed by atoms with van der Waals surface area (Å²) in [7, 11) is -3.33. The zero-order chi connectivity index (χ0) is 22.4. The number of carbonyl (C=O) groups is 1. The molecule has 0 bridgehead atoms. The molecule has 0 aliphatic carbocycles.